The van der Waals surface area contributed by atoms with Crippen LogP contribution in [0.5, 0.6) is 5.75 Å². The van der Waals surface area contributed by atoms with Gasteiger partial charge in [-0.3, -0.25) is 4.79 Å². The van der Waals surface area contributed by atoms with Crippen LogP contribution >= 0.6 is 0 Å². The van der Waals surface area contributed by atoms with Crippen LogP contribution in [0.3, 0.4) is 0 Å². The molecule has 0 unspecified atom stereocenters. The third-order valence-corrected chi connectivity index (χ3v) is 2.79. The third-order valence-electron chi connectivity index (χ3n) is 2.79. The highest BCUT2D eigenvalue weighted by Crippen LogP contribution is 2.31. The molecule has 0 aromatic heterocycles. The smallest absolute Gasteiger partial charge is 0.416 e. The summed E-state index contributed by atoms with van der Waals surface area (Å²) in [5.74, 6) is -2.31. The van der Waals surface area contributed by atoms with E-state index >= 15 is 0 Å². The monoisotopic (exact) mass is 316 g/mol. The minimum atomic E-state index is -4.71. The third kappa shape index (κ3) is 3.60. The molecule has 2 aromatic rings. The number of hydrogen-bond donors (Lipinski definition) is 0. The number of para-hydroxylation sites is 1. The Hall–Kier alpha value is -2.44. The number of carbonyl (C=O) groups is 1. The summed E-state index contributed by atoms with van der Waals surface area (Å²) >= 11 is 0. The quantitative estimate of drug-likeness (QED) is 0.618. The van der Waals surface area contributed by atoms with Gasteiger partial charge in [-0.05, 0) is 35.9 Å². The first kappa shape index (κ1) is 15.9. The van der Waals surface area contributed by atoms with E-state index in [1.54, 1.807) is 0 Å². The van der Waals surface area contributed by atoms with E-state index in [0.717, 1.165) is 12.1 Å². The van der Waals surface area contributed by atoms with E-state index < -0.39 is 35.7 Å². The van der Waals surface area contributed by atoms with Crippen molar-refractivity contribution < 1.29 is 31.5 Å². The Morgan fingerprint density at radius 2 is 1.82 bits per heavy atom. The van der Waals surface area contributed by atoms with Gasteiger partial charge in [0.05, 0.1) is 11.1 Å². The summed E-state index contributed by atoms with van der Waals surface area (Å²) in [5.41, 5.74) is -1.39. The van der Waals surface area contributed by atoms with Gasteiger partial charge in [0.25, 0.3) is 0 Å². The van der Waals surface area contributed by atoms with E-state index in [2.05, 4.69) is 0 Å². The molecule has 116 valence electrons. The van der Waals surface area contributed by atoms with Crippen LogP contribution < -0.4 is 4.74 Å². The van der Waals surface area contributed by atoms with Crippen molar-refractivity contribution in [3.05, 3.63) is 64.7 Å². The lowest BCUT2D eigenvalue weighted by Gasteiger charge is -2.12. The van der Waals surface area contributed by atoms with Crippen molar-refractivity contribution >= 4 is 6.29 Å². The van der Waals surface area contributed by atoms with E-state index in [1.807, 2.05) is 0 Å². The molecule has 2 aromatic carbocycles. The Bertz CT molecular complexity index is 695. The molecular formula is C15H9F5O2. The first-order valence-corrected chi connectivity index (χ1v) is 6.04. The molecule has 0 radical (unpaired) electrons. The predicted molar refractivity (Wildman–Crippen MR) is 67.5 cm³/mol. The number of alkyl halides is 3. The fourth-order valence-electron chi connectivity index (χ4n) is 1.82. The summed E-state index contributed by atoms with van der Waals surface area (Å²) < 4.78 is 69.5. The SMILES string of the molecule is O=Cc1cccc(F)c1OCc1cc(F)cc(C(F)(F)F)c1. The molecule has 0 saturated carbocycles. The van der Waals surface area contributed by atoms with Crippen LogP contribution in [0.25, 0.3) is 0 Å². The summed E-state index contributed by atoms with van der Waals surface area (Å²) in [5, 5.41) is 0. The molecule has 0 N–H and O–H groups in total. The number of ether oxygens (including phenoxy) is 1. The van der Waals surface area contributed by atoms with Gasteiger partial charge in [-0.25, -0.2) is 8.78 Å². The molecule has 0 bridgehead atoms. The topological polar surface area (TPSA) is 26.3 Å². The largest absolute Gasteiger partial charge is 0.485 e. The van der Waals surface area contributed by atoms with Crippen molar-refractivity contribution in [3.63, 3.8) is 0 Å². The molecule has 0 spiro atoms. The summed E-state index contributed by atoms with van der Waals surface area (Å²) in [4.78, 5) is 10.8. The number of halogens is 5. The van der Waals surface area contributed by atoms with Gasteiger partial charge in [-0.15, -0.1) is 0 Å². The van der Waals surface area contributed by atoms with Crippen molar-refractivity contribution in [2.45, 2.75) is 12.8 Å². The van der Waals surface area contributed by atoms with Gasteiger partial charge in [0.15, 0.2) is 17.9 Å². The van der Waals surface area contributed by atoms with Crippen LogP contribution in [0.15, 0.2) is 36.4 Å². The maximum atomic E-state index is 13.5. The van der Waals surface area contributed by atoms with Crippen LogP contribution in [-0.4, -0.2) is 6.29 Å². The zero-order valence-corrected chi connectivity index (χ0v) is 11.0. The Morgan fingerprint density at radius 1 is 1.09 bits per heavy atom. The number of aldehydes is 1. The van der Waals surface area contributed by atoms with E-state index in [4.69, 9.17) is 4.74 Å². The average Bonchev–Trinajstić information content (AvgIpc) is 2.44. The van der Waals surface area contributed by atoms with Crippen molar-refractivity contribution in [1.82, 2.24) is 0 Å². The van der Waals surface area contributed by atoms with Gasteiger partial charge in [0.2, 0.25) is 0 Å². The molecule has 2 nitrogen and oxygen atoms in total. The van der Waals surface area contributed by atoms with E-state index in [-0.39, 0.29) is 11.1 Å². The van der Waals surface area contributed by atoms with Crippen molar-refractivity contribution in [2.75, 3.05) is 0 Å². The van der Waals surface area contributed by atoms with Crippen LogP contribution in [0.2, 0.25) is 0 Å². The summed E-state index contributed by atoms with van der Waals surface area (Å²) in [7, 11) is 0. The Labute approximate surface area is 122 Å². The summed E-state index contributed by atoms with van der Waals surface area (Å²) in [6.45, 7) is -0.511. The molecule has 0 saturated heterocycles. The summed E-state index contributed by atoms with van der Waals surface area (Å²) in [6, 6.07) is 5.51. The fourth-order valence-corrected chi connectivity index (χ4v) is 1.82. The Kier molecular flexibility index (Phi) is 4.44. The fraction of sp³-hybridized carbons (Fsp3) is 0.133. The second-order valence-electron chi connectivity index (χ2n) is 4.41. The highest BCUT2D eigenvalue weighted by molar-refractivity contribution is 5.79. The second-order valence-corrected chi connectivity index (χ2v) is 4.41. The van der Waals surface area contributed by atoms with Crippen molar-refractivity contribution in [1.29, 1.82) is 0 Å². The average molecular weight is 316 g/mol. The molecule has 7 heteroatoms. The number of hydrogen-bond acceptors (Lipinski definition) is 2. The molecule has 0 aliphatic heterocycles. The standard InChI is InChI=1S/C15H9F5O2/c16-12-5-9(4-11(6-12)15(18,19)20)8-22-14-10(7-21)2-1-3-13(14)17/h1-7H,8H2. The van der Waals surface area contributed by atoms with Gasteiger partial charge in [0.1, 0.15) is 12.4 Å². The van der Waals surface area contributed by atoms with Crippen molar-refractivity contribution in [2.24, 2.45) is 0 Å². The van der Waals surface area contributed by atoms with Gasteiger partial charge < -0.3 is 4.74 Å². The van der Waals surface area contributed by atoms with E-state index in [0.29, 0.717) is 18.4 Å². The predicted octanol–water partition coefficient (Wildman–Crippen LogP) is 4.38. The molecule has 0 heterocycles. The zero-order valence-electron chi connectivity index (χ0n) is 11.0. The van der Waals surface area contributed by atoms with E-state index in [9.17, 15) is 26.7 Å². The maximum absolute atomic E-state index is 13.5. The Morgan fingerprint density at radius 3 is 2.45 bits per heavy atom. The summed E-state index contributed by atoms with van der Waals surface area (Å²) in [6.07, 6.45) is -4.35. The lowest BCUT2D eigenvalue weighted by atomic mass is 10.1. The number of benzene rings is 2. The lowest BCUT2D eigenvalue weighted by molar-refractivity contribution is -0.137. The first-order valence-electron chi connectivity index (χ1n) is 6.04. The van der Waals surface area contributed by atoms with E-state index in [1.165, 1.54) is 12.1 Å². The molecule has 0 fully saturated rings. The van der Waals surface area contributed by atoms with Crippen LogP contribution in [0.1, 0.15) is 21.5 Å². The molecule has 0 amide bonds. The van der Waals surface area contributed by atoms with Crippen LogP contribution in [-0.2, 0) is 12.8 Å². The van der Waals surface area contributed by atoms with Gasteiger partial charge >= 0.3 is 6.18 Å². The first-order chi connectivity index (χ1) is 10.3. The number of rotatable bonds is 4. The molecule has 22 heavy (non-hydrogen) atoms. The molecule has 0 aliphatic carbocycles. The second kappa shape index (κ2) is 6.13. The maximum Gasteiger partial charge on any atom is 0.416 e. The lowest BCUT2D eigenvalue weighted by Crippen LogP contribution is -2.08. The zero-order chi connectivity index (χ0) is 16.3. The normalized spacial score (nSPS) is 11.3. The molecule has 0 aliphatic rings. The van der Waals surface area contributed by atoms with Crippen molar-refractivity contribution in [3.8, 4) is 5.75 Å². The van der Waals surface area contributed by atoms with Gasteiger partial charge in [-0.1, -0.05) is 6.07 Å². The minimum absolute atomic E-state index is 0.0903. The molecular weight excluding hydrogens is 307 g/mol. The van der Waals surface area contributed by atoms with Crippen LogP contribution in [0.4, 0.5) is 22.0 Å². The number of carbonyl (C=O) groups excluding carboxylic acids is 1. The van der Waals surface area contributed by atoms with Gasteiger partial charge in [0, 0.05) is 0 Å². The Balaban J connectivity index is 2.26. The minimum Gasteiger partial charge on any atom is -0.485 e. The van der Waals surface area contributed by atoms with Gasteiger partial charge in [-0.2, -0.15) is 13.2 Å². The highest BCUT2D eigenvalue weighted by Gasteiger charge is 2.31. The highest BCUT2D eigenvalue weighted by atomic mass is 19.4. The van der Waals surface area contributed by atoms with Crippen LogP contribution in [0, 0.1) is 11.6 Å². The molecule has 0 atom stereocenters. The molecule has 2 rings (SSSR count).